The molecule has 8 nitrogen and oxygen atoms in total. The maximum atomic E-state index is 12.5. The molecular formula is C20H19F3N2O6S. The number of carbonyl (C=O) groups is 4. The number of methoxy groups -OCH3 is 1. The van der Waals surface area contributed by atoms with Crippen LogP contribution in [0.1, 0.15) is 36.7 Å². The van der Waals surface area contributed by atoms with E-state index in [4.69, 9.17) is 9.47 Å². The maximum Gasteiger partial charge on any atom is 0.416 e. The molecule has 32 heavy (non-hydrogen) atoms. The average Bonchev–Trinajstić information content (AvgIpc) is 3.02. The van der Waals surface area contributed by atoms with E-state index in [1.54, 1.807) is 13.8 Å². The molecule has 0 fully saturated rings. The van der Waals surface area contributed by atoms with Crippen LogP contribution in [0.4, 0.5) is 18.2 Å². The molecule has 2 rings (SSSR count). The number of thiophene rings is 1. The van der Waals surface area contributed by atoms with Crippen molar-refractivity contribution in [2.75, 3.05) is 25.6 Å². The van der Waals surface area contributed by atoms with Gasteiger partial charge in [0.15, 0.2) is 6.61 Å². The maximum absolute atomic E-state index is 12.5. The zero-order valence-electron chi connectivity index (χ0n) is 17.2. The number of esters is 2. The normalized spacial score (nSPS) is 10.9. The van der Waals surface area contributed by atoms with Crippen molar-refractivity contribution >= 4 is 40.1 Å². The molecule has 1 aromatic carbocycles. The molecule has 0 unspecified atom stereocenters. The predicted molar refractivity (Wildman–Crippen MR) is 108 cm³/mol. The van der Waals surface area contributed by atoms with Crippen molar-refractivity contribution in [2.45, 2.75) is 20.0 Å². The summed E-state index contributed by atoms with van der Waals surface area (Å²) in [7, 11) is 1.21. The Kier molecular flexibility index (Phi) is 7.97. The van der Waals surface area contributed by atoms with E-state index >= 15 is 0 Å². The quantitative estimate of drug-likeness (QED) is 0.600. The van der Waals surface area contributed by atoms with Crippen molar-refractivity contribution in [3.05, 3.63) is 51.4 Å². The topological polar surface area (TPSA) is 111 Å². The highest BCUT2D eigenvalue weighted by atomic mass is 32.1. The van der Waals surface area contributed by atoms with Gasteiger partial charge >= 0.3 is 18.1 Å². The molecule has 0 radical (unpaired) electrons. The minimum absolute atomic E-state index is 0.0812. The monoisotopic (exact) mass is 472 g/mol. The average molecular weight is 472 g/mol. The van der Waals surface area contributed by atoms with Crippen molar-refractivity contribution in [1.29, 1.82) is 0 Å². The van der Waals surface area contributed by atoms with Crippen LogP contribution in [0.25, 0.3) is 0 Å². The summed E-state index contributed by atoms with van der Waals surface area (Å²) in [5.41, 5.74) is -0.133. The van der Waals surface area contributed by atoms with Crippen LogP contribution in [0.15, 0.2) is 24.3 Å². The van der Waals surface area contributed by atoms with Crippen molar-refractivity contribution < 1.29 is 41.8 Å². The molecule has 0 spiro atoms. The molecular weight excluding hydrogens is 453 g/mol. The molecule has 172 valence electrons. The smallest absolute Gasteiger partial charge is 0.416 e. The van der Waals surface area contributed by atoms with E-state index in [1.165, 1.54) is 7.11 Å². The fourth-order valence-corrected chi connectivity index (χ4v) is 3.55. The van der Waals surface area contributed by atoms with Gasteiger partial charge in [0.1, 0.15) is 11.5 Å². The van der Waals surface area contributed by atoms with E-state index in [9.17, 15) is 32.3 Å². The van der Waals surface area contributed by atoms with Crippen LogP contribution in [-0.4, -0.2) is 44.0 Å². The Balaban J connectivity index is 1.84. The van der Waals surface area contributed by atoms with Crippen LogP contribution in [0.3, 0.4) is 0 Å². The highest BCUT2D eigenvalue weighted by molar-refractivity contribution is 7.16. The first kappa shape index (κ1) is 24.9. The van der Waals surface area contributed by atoms with Crippen molar-refractivity contribution in [3.8, 4) is 0 Å². The molecule has 0 saturated heterocycles. The number of nitrogens with one attached hydrogen (secondary N) is 2. The second kappa shape index (κ2) is 10.3. The molecule has 2 amide bonds. The third-order valence-corrected chi connectivity index (χ3v) is 5.38. The lowest BCUT2D eigenvalue weighted by Crippen LogP contribution is -2.32. The van der Waals surface area contributed by atoms with Crippen LogP contribution in [-0.2, 0) is 25.2 Å². The Bertz CT molecular complexity index is 1030. The Morgan fingerprint density at radius 2 is 1.69 bits per heavy atom. The van der Waals surface area contributed by atoms with Crippen LogP contribution in [0.5, 0.6) is 0 Å². The SMILES string of the molecule is COC(=O)c1c(NC(=O)COC(=O)CNC(=O)c2ccc(C(F)(F)F)cc2)sc(C)c1C. The van der Waals surface area contributed by atoms with E-state index in [2.05, 4.69) is 10.6 Å². The summed E-state index contributed by atoms with van der Waals surface area (Å²) in [6.45, 7) is 2.19. The third kappa shape index (κ3) is 6.30. The van der Waals surface area contributed by atoms with E-state index in [-0.39, 0.29) is 16.1 Å². The van der Waals surface area contributed by atoms with Crippen LogP contribution in [0.2, 0.25) is 0 Å². The lowest BCUT2D eigenvalue weighted by Gasteiger charge is -2.09. The van der Waals surface area contributed by atoms with Gasteiger partial charge in [-0.1, -0.05) is 0 Å². The number of halogens is 3. The highest BCUT2D eigenvalue weighted by Crippen LogP contribution is 2.33. The van der Waals surface area contributed by atoms with Gasteiger partial charge in [-0.15, -0.1) is 11.3 Å². The first-order valence-corrected chi connectivity index (χ1v) is 9.85. The van der Waals surface area contributed by atoms with Crippen LogP contribution < -0.4 is 10.6 Å². The fraction of sp³-hybridized carbons (Fsp3) is 0.300. The second-order valence-electron chi connectivity index (χ2n) is 6.45. The number of benzene rings is 1. The number of rotatable bonds is 7. The number of carbonyl (C=O) groups excluding carboxylic acids is 4. The van der Waals surface area contributed by atoms with Crippen molar-refractivity contribution in [2.24, 2.45) is 0 Å². The van der Waals surface area contributed by atoms with Gasteiger partial charge in [0.25, 0.3) is 11.8 Å². The van der Waals surface area contributed by atoms with Gasteiger partial charge in [-0.25, -0.2) is 4.79 Å². The Hall–Kier alpha value is -3.41. The summed E-state index contributed by atoms with van der Waals surface area (Å²) < 4.78 is 47.1. The van der Waals surface area contributed by atoms with Gasteiger partial charge in [0.05, 0.1) is 18.2 Å². The Morgan fingerprint density at radius 3 is 2.25 bits per heavy atom. The van der Waals surface area contributed by atoms with Gasteiger partial charge in [-0.05, 0) is 43.7 Å². The molecule has 0 aliphatic heterocycles. The van der Waals surface area contributed by atoms with Gasteiger partial charge in [0.2, 0.25) is 0 Å². The minimum Gasteiger partial charge on any atom is -0.465 e. The molecule has 0 aliphatic carbocycles. The molecule has 12 heteroatoms. The zero-order valence-corrected chi connectivity index (χ0v) is 18.0. The molecule has 0 aliphatic rings. The van der Waals surface area contributed by atoms with Gasteiger partial charge in [-0.3, -0.25) is 14.4 Å². The Morgan fingerprint density at radius 1 is 1.06 bits per heavy atom. The number of hydrogen-bond acceptors (Lipinski definition) is 7. The molecule has 0 saturated carbocycles. The van der Waals surface area contributed by atoms with Crippen molar-refractivity contribution in [1.82, 2.24) is 5.32 Å². The van der Waals surface area contributed by atoms with E-state index in [0.29, 0.717) is 5.56 Å². The summed E-state index contributed by atoms with van der Waals surface area (Å²) >= 11 is 1.16. The largest absolute Gasteiger partial charge is 0.465 e. The van der Waals surface area contributed by atoms with Gasteiger partial charge < -0.3 is 20.1 Å². The lowest BCUT2D eigenvalue weighted by atomic mass is 10.1. The van der Waals surface area contributed by atoms with E-state index in [0.717, 1.165) is 40.5 Å². The third-order valence-electron chi connectivity index (χ3n) is 4.26. The summed E-state index contributed by atoms with van der Waals surface area (Å²) in [6.07, 6.45) is -4.53. The van der Waals surface area contributed by atoms with Gasteiger partial charge in [-0.2, -0.15) is 13.2 Å². The molecule has 2 aromatic rings. The summed E-state index contributed by atoms with van der Waals surface area (Å²) in [5.74, 6) is -3.05. The molecule has 1 heterocycles. The standard InChI is InChI=1S/C20H19F3N2O6S/c1-10-11(2)32-18(16(10)19(29)30-3)25-14(26)9-31-15(27)8-24-17(28)12-4-6-13(7-5-12)20(21,22)23/h4-7H,8-9H2,1-3H3,(H,24,28)(H,25,26). The number of anilines is 1. The zero-order chi connectivity index (χ0) is 24.1. The second-order valence-corrected chi connectivity index (χ2v) is 7.67. The molecule has 2 N–H and O–H groups in total. The highest BCUT2D eigenvalue weighted by Gasteiger charge is 2.30. The Labute approximate surface area is 184 Å². The number of alkyl halides is 3. The fourth-order valence-electron chi connectivity index (χ4n) is 2.49. The number of ether oxygens (including phenoxy) is 2. The number of aryl methyl sites for hydroxylation is 1. The lowest BCUT2D eigenvalue weighted by molar-refractivity contribution is -0.146. The van der Waals surface area contributed by atoms with Gasteiger partial charge in [0, 0.05) is 10.4 Å². The summed E-state index contributed by atoms with van der Waals surface area (Å²) in [4.78, 5) is 48.5. The summed E-state index contributed by atoms with van der Waals surface area (Å²) in [5, 5.41) is 4.91. The first-order chi connectivity index (χ1) is 14.9. The molecule has 0 atom stereocenters. The minimum atomic E-state index is -4.53. The van der Waals surface area contributed by atoms with E-state index < -0.39 is 48.6 Å². The number of hydrogen-bond donors (Lipinski definition) is 2. The van der Waals surface area contributed by atoms with Crippen LogP contribution in [0, 0.1) is 13.8 Å². The summed E-state index contributed by atoms with van der Waals surface area (Å²) in [6, 6.07) is 3.43. The molecule has 0 bridgehead atoms. The van der Waals surface area contributed by atoms with Crippen molar-refractivity contribution in [3.63, 3.8) is 0 Å². The van der Waals surface area contributed by atoms with E-state index in [1.807, 2.05) is 0 Å². The van der Waals surface area contributed by atoms with Crippen LogP contribution >= 0.6 is 11.3 Å². The molecule has 1 aromatic heterocycles. The number of amides is 2. The first-order valence-electron chi connectivity index (χ1n) is 9.03. The predicted octanol–water partition coefficient (Wildman–Crippen LogP) is 3.08.